The van der Waals surface area contributed by atoms with E-state index in [0.29, 0.717) is 13.2 Å². The van der Waals surface area contributed by atoms with Crippen LogP contribution in [0.1, 0.15) is 19.4 Å². The SMILES string of the molecule is CC1(C)O[C@H]2[C@H](O)[C@@H]3CON(Cc4ccccc4)[C@@H]3[C@H]2O1. The molecule has 0 amide bonds. The maximum Gasteiger partial charge on any atom is 0.163 e. The second-order valence-electron chi connectivity index (χ2n) is 6.57. The summed E-state index contributed by atoms with van der Waals surface area (Å²) in [6, 6.07) is 10.3. The Morgan fingerprint density at radius 1 is 1.19 bits per heavy atom. The maximum atomic E-state index is 10.5. The Kier molecular flexibility index (Phi) is 3.10. The number of hydroxylamine groups is 2. The second-order valence-corrected chi connectivity index (χ2v) is 6.57. The largest absolute Gasteiger partial charge is 0.390 e. The summed E-state index contributed by atoms with van der Waals surface area (Å²) in [6.07, 6.45) is -0.911. The van der Waals surface area contributed by atoms with Gasteiger partial charge in [0.05, 0.1) is 18.8 Å². The summed E-state index contributed by atoms with van der Waals surface area (Å²) in [7, 11) is 0. The highest BCUT2D eigenvalue weighted by Gasteiger charge is 2.62. The molecule has 0 bridgehead atoms. The van der Waals surface area contributed by atoms with E-state index in [1.54, 1.807) is 0 Å². The minimum absolute atomic E-state index is 0.0481. The highest BCUT2D eigenvalue weighted by atomic mass is 16.8. The number of benzene rings is 1. The predicted molar refractivity (Wildman–Crippen MR) is 75.0 cm³/mol. The molecule has 5 nitrogen and oxygen atoms in total. The van der Waals surface area contributed by atoms with Crippen LogP contribution in [0.3, 0.4) is 0 Å². The monoisotopic (exact) mass is 291 g/mol. The molecule has 21 heavy (non-hydrogen) atoms. The van der Waals surface area contributed by atoms with E-state index in [1.165, 1.54) is 5.56 Å². The van der Waals surface area contributed by atoms with Crippen molar-refractivity contribution in [2.75, 3.05) is 6.61 Å². The third kappa shape index (κ3) is 2.20. The van der Waals surface area contributed by atoms with Gasteiger partial charge in [0, 0.05) is 12.5 Å². The molecule has 1 aliphatic carbocycles. The van der Waals surface area contributed by atoms with E-state index >= 15 is 0 Å². The lowest BCUT2D eigenvalue weighted by Crippen LogP contribution is -2.40. The lowest BCUT2D eigenvalue weighted by molar-refractivity contribution is -0.185. The topological polar surface area (TPSA) is 51.2 Å². The first-order valence-corrected chi connectivity index (χ1v) is 7.52. The Balaban J connectivity index is 1.56. The first kappa shape index (κ1) is 13.7. The minimum atomic E-state index is -0.637. The summed E-state index contributed by atoms with van der Waals surface area (Å²) < 4.78 is 11.9. The molecule has 3 fully saturated rings. The van der Waals surface area contributed by atoms with Crippen molar-refractivity contribution in [3.63, 3.8) is 0 Å². The third-order valence-corrected chi connectivity index (χ3v) is 4.66. The Morgan fingerprint density at radius 2 is 1.90 bits per heavy atom. The van der Waals surface area contributed by atoms with Crippen LogP contribution in [-0.4, -0.2) is 46.9 Å². The van der Waals surface area contributed by atoms with E-state index in [4.69, 9.17) is 14.3 Å². The molecule has 1 N–H and O–H groups in total. The van der Waals surface area contributed by atoms with Gasteiger partial charge in [-0.15, -0.1) is 0 Å². The Hall–Kier alpha value is -0.980. The van der Waals surface area contributed by atoms with E-state index in [0.717, 1.165) is 0 Å². The van der Waals surface area contributed by atoms with E-state index in [9.17, 15) is 5.11 Å². The molecule has 0 spiro atoms. The van der Waals surface area contributed by atoms with Crippen LogP contribution in [0.4, 0.5) is 0 Å². The van der Waals surface area contributed by atoms with Gasteiger partial charge >= 0.3 is 0 Å². The van der Waals surface area contributed by atoms with Gasteiger partial charge in [-0.3, -0.25) is 4.84 Å². The molecule has 2 saturated heterocycles. The zero-order valence-corrected chi connectivity index (χ0v) is 12.3. The van der Waals surface area contributed by atoms with Gasteiger partial charge in [-0.25, -0.2) is 0 Å². The number of aliphatic hydroxyl groups is 1. The molecule has 0 unspecified atom stereocenters. The molecule has 3 aliphatic rings. The molecule has 2 heterocycles. The van der Waals surface area contributed by atoms with Crippen LogP contribution in [0.25, 0.3) is 0 Å². The van der Waals surface area contributed by atoms with Crippen molar-refractivity contribution in [2.45, 2.75) is 50.5 Å². The first-order valence-electron chi connectivity index (χ1n) is 7.52. The van der Waals surface area contributed by atoms with Crippen LogP contribution in [0.15, 0.2) is 30.3 Å². The highest BCUT2D eigenvalue weighted by molar-refractivity contribution is 5.16. The van der Waals surface area contributed by atoms with E-state index in [1.807, 2.05) is 37.1 Å². The normalized spacial score (nSPS) is 41.2. The fourth-order valence-electron chi connectivity index (χ4n) is 3.79. The molecule has 5 heteroatoms. The number of ether oxygens (including phenoxy) is 2. The molecule has 1 saturated carbocycles. The van der Waals surface area contributed by atoms with Crippen LogP contribution in [0.5, 0.6) is 0 Å². The van der Waals surface area contributed by atoms with Crippen LogP contribution < -0.4 is 0 Å². The van der Waals surface area contributed by atoms with Crippen molar-refractivity contribution in [1.82, 2.24) is 5.06 Å². The zero-order chi connectivity index (χ0) is 14.6. The van der Waals surface area contributed by atoms with E-state index in [-0.39, 0.29) is 24.2 Å². The summed E-state index contributed by atoms with van der Waals surface area (Å²) in [4.78, 5) is 5.81. The van der Waals surface area contributed by atoms with Crippen molar-refractivity contribution < 1.29 is 19.4 Å². The van der Waals surface area contributed by atoms with E-state index in [2.05, 4.69) is 12.1 Å². The number of hydrogen-bond acceptors (Lipinski definition) is 5. The Morgan fingerprint density at radius 3 is 2.67 bits per heavy atom. The fourth-order valence-corrected chi connectivity index (χ4v) is 3.79. The molecular weight excluding hydrogens is 270 g/mol. The molecule has 1 aromatic rings. The predicted octanol–water partition coefficient (Wildman–Crippen LogP) is 1.31. The van der Waals surface area contributed by atoms with Crippen LogP contribution >= 0.6 is 0 Å². The van der Waals surface area contributed by atoms with Gasteiger partial charge in [0.2, 0.25) is 0 Å². The van der Waals surface area contributed by atoms with E-state index < -0.39 is 11.9 Å². The summed E-state index contributed by atoms with van der Waals surface area (Å²) in [5, 5.41) is 12.4. The number of rotatable bonds is 2. The molecule has 5 atom stereocenters. The minimum Gasteiger partial charge on any atom is -0.390 e. The summed E-state index contributed by atoms with van der Waals surface area (Å²) in [5.74, 6) is -0.581. The lowest BCUT2D eigenvalue weighted by atomic mass is 10.0. The van der Waals surface area contributed by atoms with Gasteiger partial charge in [0.1, 0.15) is 12.2 Å². The van der Waals surface area contributed by atoms with Crippen molar-refractivity contribution in [3.8, 4) is 0 Å². The van der Waals surface area contributed by atoms with Gasteiger partial charge in [0.15, 0.2) is 5.79 Å². The molecule has 2 aliphatic heterocycles. The molecule has 1 aromatic carbocycles. The average molecular weight is 291 g/mol. The highest BCUT2D eigenvalue weighted by Crippen LogP contribution is 2.46. The number of fused-ring (bicyclic) bond motifs is 3. The number of nitrogens with zero attached hydrogens (tertiary/aromatic N) is 1. The smallest absolute Gasteiger partial charge is 0.163 e. The molecular formula is C16H21NO4. The summed E-state index contributed by atoms with van der Waals surface area (Å²) in [5.41, 5.74) is 1.19. The second kappa shape index (κ2) is 4.76. The first-order chi connectivity index (χ1) is 10.1. The van der Waals surface area contributed by atoms with Crippen LogP contribution in [-0.2, 0) is 20.9 Å². The fraction of sp³-hybridized carbons (Fsp3) is 0.625. The molecule has 0 radical (unpaired) electrons. The lowest BCUT2D eigenvalue weighted by Gasteiger charge is -2.27. The molecule has 4 rings (SSSR count). The van der Waals surface area contributed by atoms with Crippen molar-refractivity contribution in [3.05, 3.63) is 35.9 Å². The quantitative estimate of drug-likeness (QED) is 0.890. The third-order valence-electron chi connectivity index (χ3n) is 4.66. The van der Waals surface area contributed by atoms with Crippen molar-refractivity contribution in [1.29, 1.82) is 0 Å². The van der Waals surface area contributed by atoms with Crippen molar-refractivity contribution in [2.24, 2.45) is 5.92 Å². The Bertz CT molecular complexity index is 520. The molecule has 114 valence electrons. The number of aliphatic hydroxyl groups excluding tert-OH is 1. The number of hydrogen-bond donors (Lipinski definition) is 1. The maximum absolute atomic E-state index is 10.5. The zero-order valence-electron chi connectivity index (χ0n) is 12.3. The van der Waals surface area contributed by atoms with Gasteiger partial charge in [-0.1, -0.05) is 30.3 Å². The standard InChI is InChI=1S/C16H21NO4/c1-16(2)20-14-12-11(13(18)15(14)21-16)9-19-17(12)8-10-6-4-3-5-7-10/h3-7,11-15,18H,8-9H2,1-2H3/t11-,12+,13-,14-,15+/m1/s1. The van der Waals surface area contributed by atoms with Crippen molar-refractivity contribution >= 4 is 0 Å². The van der Waals surface area contributed by atoms with Gasteiger partial charge in [0.25, 0.3) is 0 Å². The van der Waals surface area contributed by atoms with Gasteiger partial charge < -0.3 is 14.6 Å². The molecule has 0 aromatic heterocycles. The van der Waals surface area contributed by atoms with Crippen LogP contribution in [0.2, 0.25) is 0 Å². The summed E-state index contributed by atoms with van der Waals surface area (Å²) in [6.45, 7) is 5.01. The average Bonchev–Trinajstić information content (AvgIpc) is 3.05. The van der Waals surface area contributed by atoms with Crippen LogP contribution in [0, 0.1) is 5.92 Å². The van der Waals surface area contributed by atoms with Gasteiger partial charge in [-0.05, 0) is 19.4 Å². The van der Waals surface area contributed by atoms with Gasteiger partial charge in [-0.2, -0.15) is 5.06 Å². The summed E-state index contributed by atoms with van der Waals surface area (Å²) >= 11 is 0. The Labute approximate surface area is 124 Å².